The Morgan fingerprint density at radius 1 is 1.06 bits per heavy atom. The van der Waals surface area contributed by atoms with Crippen molar-refractivity contribution in [3.63, 3.8) is 0 Å². The van der Waals surface area contributed by atoms with Gasteiger partial charge in [0.1, 0.15) is 12.3 Å². The molecule has 1 aliphatic heterocycles. The number of amides is 2. The molecule has 1 saturated heterocycles. The predicted octanol–water partition coefficient (Wildman–Crippen LogP) is 3.32. The maximum Gasteiger partial charge on any atom is 0.242 e. The first-order valence-corrected chi connectivity index (χ1v) is 13.1. The molecule has 176 valence electrons. The van der Waals surface area contributed by atoms with E-state index in [1.165, 1.54) is 6.20 Å². The van der Waals surface area contributed by atoms with Crippen LogP contribution < -0.4 is 0 Å². The summed E-state index contributed by atoms with van der Waals surface area (Å²) in [5, 5.41) is 0.543. The van der Waals surface area contributed by atoms with Crippen molar-refractivity contribution in [2.45, 2.75) is 71.0 Å². The summed E-state index contributed by atoms with van der Waals surface area (Å²) in [7, 11) is -3.88. The molecule has 8 heteroatoms. The van der Waals surface area contributed by atoms with E-state index in [9.17, 15) is 18.0 Å². The van der Waals surface area contributed by atoms with E-state index in [0.717, 1.165) is 25.9 Å². The summed E-state index contributed by atoms with van der Waals surface area (Å²) in [6, 6.07) is 6.96. The van der Waals surface area contributed by atoms with Crippen LogP contribution in [0, 0.1) is 5.92 Å². The average molecular weight is 462 g/mol. The van der Waals surface area contributed by atoms with Crippen molar-refractivity contribution < 1.29 is 18.0 Å². The number of aromatic nitrogens is 1. The zero-order valence-corrected chi connectivity index (χ0v) is 20.6. The quantitative estimate of drug-likeness (QED) is 0.634. The van der Waals surface area contributed by atoms with E-state index >= 15 is 0 Å². The maximum atomic E-state index is 13.3. The normalized spacial score (nSPS) is 15.7. The number of fused-ring (bicyclic) bond motifs is 1. The van der Waals surface area contributed by atoms with Crippen LogP contribution in [0.3, 0.4) is 0 Å². The molecular formula is C24H35N3O4S. The predicted molar refractivity (Wildman–Crippen MR) is 126 cm³/mol. The van der Waals surface area contributed by atoms with Crippen LogP contribution in [0.2, 0.25) is 0 Å². The molecular weight excluding hydrogens is 426 g/mol. The second-order valence-corrected chi connectivity index (χ2v) is 11.4. The van der Waals surface area contributed by atoms with Gasteiger partial charge in [-0.2, -0.15) is 0 Å². The van der Waals surface area contributed by atoms with Gasteiger partial charge in [0.2, 0.25) is 11.8 Å². The third kappa shape index (κ3) is 5.17. The third-order valence-electron chi connectivity index (χ3n) is 6.24. The Bertz CT molecular complexity index is 1070. The van der Waals surface area contributed by atoms with Crippen LogP contribution in [-0.4, -0.2) is 65.5 Å². The van der Waals surface area contributed by atoms with Crippen molar-refractivity contribution in [1.29, 1.82) is 0 Å². The number of benzene rings is 1. The minimum atomic E-state index is -3.88. The van der Waals surface area contributed by atoms with Gasteiger partial charge >= 0.3 is 0 Å². The largest absolute Gasteiger partial charge is 0.341 e. The minimum absolute atomic E-state index is 0.0107. The number of piperidine rings is 1. The van der Waals surface area contributed by atoms with Crippen LogP contribution in [0.5, 0.6) is 0 Å². The molecule has 1 aliphatic rings. The summed E-state index contributed by atoms with van der Waals surface area (Å²) in [4.78, 5) is 29.3. The highest BCUT2D eigenvalue weighted by Crippen LogP contribution is 2.27. The second-order valence-electron chi connectivity index (χ2n) is 9.45. The lowest BCUT2D eigenvalue weighted by atomic mass is 9.99. The Labute approximate surface area is 191 Å². The monoisotopic (exact) mass is 461 g/mol. The molecule has 1 aromatic carbocycles. The van der Waals surface area contributed by atoms with Gasteiger partial charge in [0.25, 0.3) is 0 Å². The van der Waals surface area contributed by atoms with E-state index in [1.807, 2.05) is 44.7 Å². The van der Waals surface area contributed by atoms with Crippen LogP contribution in [0.25, 0.3) is 10.9 Å². The molecule has 7 nitrogen and oxygen atoms in total. The fourth-order valence-electron chi connectivity index (χ4n) is 4.58. The molecule has 3 rings (SSSR count). The summed E-state index contributed by atoms with van der Waals surface area (Å²) >= 11 is 0. The summed E-state index contributed by atoms with van der Waals surface area (Å²) < 4.78 is 28.3. The van der Waals surface area contributed by atoms with Gasteiger partial charge in [-0.3, -0.25) is 9.59 Å². The molecule has 2 amide bonds. The van der Waals surface area contributed by atoms with Crippen molar-refractivity contribution in [3.8, 4) is 0 Å². The number of para-hydroxylation sites is 1. The van der Waals surface area contributed by atoms with E-state index in [1.54, 1.807) is 21.6 Å². The number of nitrogens with zero attached hydrogens (tertiary/aromatic N) is 3. The third-order valence-corrected chi connectivity index (χ3v) is 7.87. The average Bonchev–Trinajstić information content (AvgIpc) is 3.07. The molecule has 0 bridgehead atoms. The highest BCUT2D eigenvalue weighted by molar-refractivity contribution is 7.92. The molecule has 1 aromatic heterocycles. The molecule has 2 aromatic rings. The van der Waals surface area contributed by atoms with E-state index in [2.05, 4.69) is 6.92 Å². The molecule has 0 atom stereocenters. The van der Waals surface area contributed by atoms with Crippen LogP contribution in [-0.2, 0) is 26.0 Å². The molecule has 0 saturated carbocycles. The van der Waals surface area contributed by atoms with Gasteiger partial charge in [0.05, 0.1) is 4.90 Å². The van der Waals surface area contributed by atoms with E-state index in [0.29, 0.717) is 16.8 Å². The molecule has 0 spiro atoms. The minimum Gasteiger partial charge on any atom is -0.341 e. The van der Waals surface area contributed by atoms with Gasteiger partial charge < -0.3 is 14.4 Å². The maximum absolute atomic E-state index is 13.3. The first kappa shape index (κ1) is 24.3. The Morgan fingerprint density at radius 2 is 1.66 bits per heavy atom. The fraction of sp³-hybridized carbons (Fsp3) is 0.583. The Kier molecular flexibility index (Phi) is 7.32. The zero-order chi connectivity index (χ0) is 23.6. The van der Waals surface area contributed by atoms with Gasteiger partial charge in [-0.15, -0.1) is 0 Å². The van der Waals surface area contributed by atoms with Crippen LogP contribution >= 0.6 is 0 Å². The highest BCUT2D eigenvalue weighted by atomic mass is 32.2. The Morgan fingerprint density at radius 3 is 2.25 bits per heavy atom. The Balaban J connectivity index is 1.89. The van der Waals surface area contributed by atoms with Crippen molar-refractivity contribution in [2.24, 2.45) is 5.92 Å². The topological polar surface area (TPSA) is 79.7 Å². The molecule has 0 aliphatic carbocycles. The molecule has 2 heterocycles. The molecule has 1 fully saturated rings. The van der Waals surface area contributed by atoms with Gasteiger partial charge in [0, 0.05) is 42.3 Å². The van der Waals surface area contributed by atoms with Crippen molar-refractivity contribution in [1.82, 2.24) is 14.4 Å². The lowest BCUT2D eigenvalue weighted by Crippen LogP contribution is -2.44. The van der Waals surface area contributed by atoms with Gasteiger partial charge in [-0.25, -0.2) is 8.42 Å². The zero-order valence-electron chi connectivity index (χ0n) is 19.7. The van der Waals surface area contributed by atoms with Crippen LogP contribution in [0.1, 0.15) is 47.5 Å². The Hall–Kier alpha value is -2.35. The smallest absolute Gasteiger partial charge is 0.242 e. The fourth-order valence-corrected chi connectivity index (χ4v) is 6.01. The van der Waals surface area contributed by atoms with Gasteiger partial charge in [-0.1, -0.05) is 25.1 Å². The van der Waals surface area contributed by atoms with Gasteiger partial charge in [0.15, 0.2) is 9.84 Å². The first-order chi connectivity index (χ1) is 15.0. The molecule has 0 radical (unpaired) electrons. The van der Waals surface area contributed by atoms with E-state index in [4.69, 9.17) is 0 Å². The van der Waals surface area contributed by atoms with E-state index < -0.39 is 21.5 Å². The summed E-state index contributed by atoms with van der Waals surface area (Å²) in [5.41, 5.74) is 0.682. The number of rotatable bonds is 7. The number of sulfone groups is 1. The standard InChI is InChI=1S/C24H35N3O4S/c1-17(2)27(18(3)4)24(29)16-32(30,31)22-14-26(21-9-7-6-8-20(21)22)15-23(28)25-12-10-19(5)11-13-25/h6-9,14,17-19H,10-13,15-16H2,1-5H3. The molecule has 0 unspecified atom stereocenters. The number of carbonyl (C=O) groups excluding carboxylic acids is 2. The number of hydrogen-bond donors (Lipinski definition) is 0. The lowest BCUT2D eigenvalue weighted by Gasteiger charge is -2.30. The van der Waals surface area contributed by atoms with Crippen molar-refractivity contribution >= 4 is 32.6 Å². The summed E-state index contributed by atoms with van der Waals surface area (Å²) in [6.07, 6.45) is 3.50. The first-order valence-electron chi connectivity index (χ1n) is 11.4. The lowest BCUT2D eigenvalue weighted by molar-refractivity contribution is -0.133. The SMILES string of the molecule is CC1CCN(C(=O)Cn2cc(S(=O)(=O)CC(=O)N(C(C)C)C(C)C)c3ccccc32)CC1. The molecule has 32 heavy (non-hydrogen) atoms. The van der Waals surface area contributed by atoms with Gasteiger partial charge in [-0.05, 0) is 52.5 Å². The van der Waals surface area contributed by atoms with Crippen molar-refractivity contribution in [2.75, 3.05) is 18.8 Å². The molecule has 0 N–H and O–H groups in total. The van der Waals surface area contributed by atoms with Crippen LogP contribution in [0.4, 0.5) is 0 Å². The second kappa shape index (κ2) is 9.65. The van der Waals surface area contributed by atoms with Crippen LogP contribution in [0.15, 0.2) is 35.4 Å². The summed E-state index contributed by atoms with van der Waals surface area (Å²) in [6.45, 7) is 11.3. The number of hydrogen-bond acceptors (Lipinski definition) is 4. The number of likely N-dealkylation sites (tertiary alicyclic amines) is 1. The highest BCUT2D eigenvalue weighted by Gasteiger charge is 2.30. The number of carbonyl (C=O) groups is 2. The van der Waals surface area contributed by atoms with E-state index in [-0.39, 0.29) is 29.4 Å². The van der Waals surface area contributed by atoms with Crippen molar-refractivity contribution in [3.05, 3.63) is 30.5 Å². The summed E-state index contributed by atoms with van der Waals surface area (Å²) in [5.74, 6) is -0.388.